The molecule has 1 atom stereocenters. The lowest BCUT2D eigenvalue weighted by molar-refractivity contribution is -0.134. The van der Waals surface area contributed by atoms with Crippen LogP contribution in [0.4, 0.5) is 0 Å². The van der Waals surface area contributed by atoms with Crippen LogP contribution in [-0.4, -0.2) is 42.9 Å². The quantitative estimate of drug-likeness (QED) is 0.856. The van der Waals surface area contributed by atoms with Gasteiger partial charge in [-0.1, -0.05) is 23.7 Å². The lowest BCUT2D eigenvalue weighted by atomic mass is 10.0. The first-order valence-electron chi connectivity index (χ1n) is 8.22. The predicted octanol–water partition coefficient (Wildman–Crippen LogP) is 2.23. The van der Waals surface area contributed by atoms with Crippen LogP contribution in [0, 0.1) is 0 Å². The first-order valence-corrected chi connectivity index (χ1v) is 8.60. The van der Waals surface area contributed by atoms with Gasteiger partial charge >= 0.3 is 0 Å². The van der Waals surface area contributed by atoms with Gasteiger partial charge in [0.1, 0.15) is 0 Å². The topological polar surface area (TPSA) is 74.6 Å². The number of piperazine rings is 1. The number of nitrogens with zero attached hydrogens (tertiary/aromatic N) is 1. The summed E-state index contributed by atoms with van der Waals surface area (Å²) in [5.74, 6) is -0.0675. The van der Waals surface area contributed by atoms with Gasteiger partial charge in [0.2, 0.25) is 5.91 Å². The van der Waals surface area contributed by atoms with Crippen molar-refractivity contribution in [2.75, 3.05) is 26.2 Å². The van der Waals surface area contributed by atoms with Crippen LogP contribution in [0.25, 0.3) is 0 Å². The van der Waals surface area contributed by atoms with Gasteiger partial charge in [-0.2, -0.15) is 0 Å². The van der Waals surface area contributed by atoms with Crippen molar-refractivity contribution >= 4 is 23.4 Å². The Morgan fingerprint density at radius 1 is 1.32 bits per heavy atom. The summed E-state index contributed by atoms with van der Waals surface area (Å²) < 4.78 is 5.03. The number of hydrogen-bond acceptors (Lipinski definition) is 4. The first kappa shape index (κ1) is 17.5. The van der Waals surface area contributed by atoms with E-state index in [4.69, 9.17) is 16.0 Å². The number of furan rings is 1. The minimum atomic E-state index is -0.315. The summed E-state index contributed by atoms with van der Waals surface area (Å²) >= 11 is 6.08. The Morgan fingerprint density at radius 2 is 2.20 bits per heavy atom. The third kappa shape index (κ3) is 4.41. The molecule has 1 aliphatic rings. The molecular formula is C18H20ClN3O3. The SMILES string of the molecule is O=C(NCCC(=O)N1CCNCC1c1cccc(Cl)c1)c1ccco1. The molecule has 1 aromatic carbocycles. The van der Waals surface area contributed by atoms with E-state index in [1.54, 1.807) is 12.1 Å². The van der Waals surface area contributed by atoms with Crippen molar-refractivity contribution < 1.29 is 14.0 Å². The fraction of sp³-hybridized carbons (Fsp3) is 0.333. The highest BCUT2D eigenvalue weighted by Crippen LogP contribution is 2.25. The van der Waals surface area contributed by atoms with Crippen LogP contribution in [-0.2, 0) is 4.79 Å². The maximum absolute atomic E-state index is 12.6. The summed E-state index contributed by atoms with van der Waals surface area (Å²) in [7, 11) is 0. The molecule has 7 heteroatoms. The molecule has 25 heavy (non-hydrogen) atoms. The summed E-state index contributed by atoms with van der Waals surface area (Å²) in [5, 5.41) is 6.67. The molecule has 2 N–H and O–H groups in total. The van der Waals surface area contributed by atoms with Gasteiger partial charge in [0.25, 0.3) is 5.91 Å². The molecule has 1 fully saturated rings. The van der Waals surface area contributed by atoms with Crippen molar-refractivity contribution in [1.29, 1.82) is 0 Å². The molecule has 1 unspecified atom stereocenters. The van der Waals surface area contributed by atoms with E-state index in [0.29, 0.717) is 18.1 Å². The van der Waals surface area contributed by atoms with Gasteiger partial charge in [-0.25, -0.2) is 0 Å². The van der Waals surface area contributed by atoms with Gasteiger partial charge in [-0.05, 0) is 29.8 Å². The second-order valence-electron chi connectivity index (χ2n) is 5.85. The number of hydrogen-bond donors (Lipinski definition) is 2. The molecule has 0 saturated carbocycles. The Hall–Kier alpha value is -2.31. The Kier molecular flexibility index (Phi) is 5.73. The van der Waals surface area contributed by atoms with Gasteiger partial charge in [0.05, 0.1) is 12.3 Å². The third-order valence-corrected chi connectivity index (χ3v) is 4.40. The van der Waals surface area contributed by atoms with Gasteiger partial charge in [-0.15, -0.1) is 0 Å². The van der Waals surface area contributed by atoms with Gasteiger partial charge in [0, 0.05) is 37.6 Å². The summed E-state index contributed by atoms with van der Waals surface area (Å²) in [6.45, 7) is 2.33. The number of benzene rings is 1. The van der Waals surface area contributed by atoms with Crippen LogP contribution in [0.2, 0.25) is 5.02 Å². The zero-order chi connectivity index (χ0) is 17.6. The van der Waals surface area contributed by atoms with Gasteiger partial charge in [0.15, 0.2) is 5.76 Å². The van der Waals surface area contributed by atoms with Gasteiger partial charge < -0.3 is 20.0 Å². The highest BCUT2D eigenvalue weighted by atomic mass is 35.5. The average molecular weight is 362 g/mol. The monoisotopic (exact) mass is 361 g/mol. The molecule has 1 aromatic heterocycles. The molecule has 2 aromatic rings. The second-order valence-corrected chi connectivity index (χ2v) is 6.28. The van der Waals surface area contributed by atoms with Crippen LogP contribution >= 0.6 is 11.6 Å². The number of amides is 2. The number of carbonyl (C=O) groups is 2. The Labute approximate surface area is 151 Å². The van der Waals surface area contributed by atoms with Crippen LogP contribution in [0.3, 0.4) is 0 Å². The fourth-order valence-electron chi connectivity index (χ4n) is 2.94. The smallest absolute Gasteiger partial charge is 0.286 e. The fourth-order valence-corrected chi connectivity index (χ4v) is 3.13. The van der Waals surface area contributed by atoms with E-state index in [-0.39, 0.29) is 36.6 Å². The van der Waals surface area contributed by atoms with E-state index >= 15 is 0 Å². The zero-order valence-corrected chi connectivity index (χ0v) is 14.5. The molecule has 0 spiro atoms. The predicted molar refractivity (Wildman–Crippen MR) is 94.4 cm³/mol. The van der Waals surface area contributed by atoms with Crippen molar-refractivity contribution in [2.45, 2.75) is 12.5 Å². The molecule has 132 valence electrons. The zero-order valence-electron chi connectivity index (χ0n) is 13.7. The summed E-state index contributed by atoms with van der Waals surface area (Å²) in [6, 6.07) is 10.7. The van der Waals surface area contributed by atoms with E-state index < -0.39 is 0 Å². The molecule has 0 aliphatic carbocycles. The Balaban J connectivity index is 1.58. The third-order valence-electron chi connectivity index (χ3n) is 4.17. The number of carbonyl (C=O) groups excluding carboxylic acids is 2. The van der Waals surface area contributed by atoms with Crippen molar-refractivity contribution in [3.05, 3.63) is 59.0 Å². The molecule has 2 amide bonds. The summed E-state index contributed by atoms with van der Waals surface area (Å²) in [6.07, 6.45) is 1.68. The average Bonchev–Trinajstić information content (AvgIpc) is 3.16. The van der Waals surface area contributed by atoms with Crippen molar-refractivity contribution in [3.8, 4) is 0 Å². The maximum Gasteiger partial charge on any atom is 0.286 e. The van der Waals surface area contributed by atoms with E-state index in [9.17, 15) is 9.59 Å². The molecular weight excluding hydrogens is 342 g/mol. The lowest BCUT2D eigenvalue weighted by Gasteiger charge is -2.36. The Morgan fingerprint density at radius 3 is 2.96 bits per heavy atom. The number of halogens is 1. The molecule has 0 bridgehead atoms. The van der Waals surface area contributed by atoms with E-state index in [0.717, 1.165) is 12.1 Å². The van der Waals surface area contributed by atoms with Crippen LogP contribution in [0.15, 0.2) is 47.1 Å². The molecule has 0 radical (unpaired) electrons. The van der Waals surface area contributed by atoms with E-state index in [1.165, 1.54) is 6.26 Å². The number of rotatable bonds is 5. The molecule has 2 heterocycles. The van der Waals surface area contributed by atoms with Crippen molar-refractivity contribution in [2.24, 2.45) is 0 Å². The molecule has 1 aliphatic heterocycles. The highest BCUT2D eigenvalue weighted by molar-refractivity contribution is 6.30. The van der Waals surface area contributed by atoms with Crippen LogP contribution in [0.1, 0.15) is 28.6 Å². The standard InChI is InChI=1S/C18H20ClN3O3/c19-14-4-1-3-13(11-14)15-12-20-8-9-22(15)17(23)6-7-21-18(24)16-5-2-10-25-16/h1-5,10-11,15,20H,6-9,12H2,(H,21,24). The summed E-state index contributed by atoms with van der Waals surface area (Å²) in [4.78, 5) is 26.3. The molecule has 1 saturated heterocycles. The molecule has 6 nitrogen and oxygen atoms in total. The van der Waals surface area contributed by atoms with Crippen molar-refractivity contribution in [1.82, 2.24) is 15.5 Å². The van der Waals surface area contributed by atoms with Crippen molar-refractivity contribution in [3.63, 3.8) is 0 Å². The minimum absolute atomic E-state index is 0.00576. The first-order chi connectivity index (χ1) is 12.1. The Bertz CT molecular complexity index is 733. The second kappa shape index (κ2) is 8.18. The van der Waals surface area contributed by atoms with Crippen LogP contribution < -0.4 is 10.6 Å². The number of nitrogens with one attached hydrogen (secondary N) is 2. The van der Waals surface area contributed by atoms with E-state index in [2.05, 4.69) is 10.6 Å². The minimum Gasteiger partial charge on any atom is -0.459 e. The summed E-state index contributed by atoms with van der Waals surface area (Å²) in [5.41, 5.74) is 1.01. The largest absolute Gasteiger partial charge is 0.459 e. The maximum atomic E-state index is 12.6. The highest BCUT2D eigenvalue weighted by Gasteiger charge is 2.27. The van der Waals surface area contributed by atoms with Crippen LogP contribution in [0.5, 0.6) is 0 Å². The van der Waals surface area contributed by atoms with E-state index in [1.807, 2.05) is 29.2 Å². The lowest BCUT2D eigenvalue weighted by Crippen LogP contribution is -2.49. The molecule has 3 rings (SSSR count). The normalized spacial score (nSPS) is 17.3. The van der Waals surface area contributed by atoms with Gasteiger partial charge in [-0.3, -0.25) is 9.59 Å².